The van der Waals surface area contributed by atoms with E-state index in [1.807, 2.05) is 24.3 Å². The van der Waals surface area contributed by atoms with Crippen molar-refractivity contribution >= 4 is 23.6 Å². The Morgan fingerprint density at radius 3 is 3.05 bits per heavy atom. The molecule has 2 fully saturated rings. The molecular weight excluding hydrogens is 300 g/mol. The second kappa shape index (κ2) is 5.83. The van der Waals surface area contributed by atoms with E-state index in [0.29, 0.717) is 18.7 Å². The maximum absolute atomic E-state index is 12.5. The molecule has 118 valence electrons. The lowest BCUT2D eigenvalue weighted by atomic mass is 10.2. The van der Waals surface area contributed by atoms with Gasteiger partial charge in [-0.25, -0.2) is 0 Å². The van der Waals surface area contributed by atoms with Crippen LogP contribution in [0.5, 0.6) is 5.75 Å². The zero-order valence-electron chi connectivity index (χ0n) is 12.8. The van der Waals surface area contributed by atoms with Gasteiger partial charge in [-0.3, -0.25) is 9.59 Å². The van der Waals surface area contributed by atoms with Gasteiger partial charge in [0.15, 0.2) is 0 Å². The maximum Gasteiger partial charge on any atom is 0.243 e. The summed E-state index contributed by atoms with van der Waals surface area (Å²) in [5, 5.41) is 2.94. The minimum absolute atomic E-state index is 0.0858. The van der Waals surface area contributed by atoms with E-state index >= 15 is 0 Å². The average Bonchev–Trinajstić information content (AvgIpc) is 3.02. The predicted octanol–water partition coefficient (Wildman–Crippen LogP) is 1.77. The summed E-state index contributed by atoms with van der Waals surface area (Å²) < 4.78 is 5.29. The zero-order valence-corrected chi connectivity index (χ0v) is 13.6. The molecule has 2 saturated heterocycles. The number of hydrogen-bond acceptors (Lipinski definition) is 4. The van der Waals surface area contributed by atoms with Crippen LogP contribution in [0.3, 0.4) is 0 Å². The molecule has 0 bridgehead atoms. The first-order valence-corrected chi connectivity index (χ1v) is 8.39. The van der Waals surface area contributed by atoms with Crippen molar-refractivity contribution in [3.63, 3.8) is 0 Å². The highest BCUT2D eigenvalue weighted by molar-refractivity contribution is 8.01. The fourth-order valence-corrected chi connectivity index (χ4v) is 4.60. The number of nitrogens with one attached hydrogen (secondary N) is 1. The Morgan fingerprint density at radius 1 is 1.50 bits per heavy atom. The number of methoxy groups -OCH3 is 1. The zero-order chi connectivity index (χ0) is 15.7. The summed E-state index contributed by atoms with van der Waals surface area (Å²) in [4.78, 5) is 26.1. The van der Waals surface area contributed by atoms with Crippen molar-refractivity contribution < 1.29 is 14.3 Å². The van der Waals surface area contributed by atoms with Gasteiger partial charge in [0, 0.05) is 24.3 Å². The molecule has 3 rings (SSSR count). The summed E-state index contributed by atoms with van der Waals surface area (Å²) in [7, 11) is 1.61. The lowest BCUT2D eigenvalue weighted by molar-refractivity contribution is -0.138. The molecule has 0 unspecified atom stereocenters. The minimum atomic E-state index is -0.361. The van der Waals surface area contributed by atoms with Gasteiger partial charge in [-0.2, -0.15) is 0 Å². The van der Waals surface area contributed by atoms with E-state index in [1.165, 1.54) is 0 Å². The molecule has 6 heteroatoms. The highest BCUT2D eigenvalue weighted by atomic mass is 32.2. The Bertz CT molecular complexity index is 607. The van der Waals surface area contributed by atoms with Gasteiger partial charge in [0.05, 0.1) is 12.0 Å². The monoisotopic (exact) mass is 320 g/mol. The van der Waals surface area contributed by atoms with E-state index in [-0.39, 0.29) is 22.7 Å². The van der Waals surface area contributed by atoms with E-state index in [1.54, 1.807) is 23.8 Å². The van der Waals surface area contributed by atoms with E-state index in [2.05, 4.69) is 12.2 Å². The minimum Gasteiger partial charge on any atom is -0.496 e. The van der Waals surface area contributed by atoms with Crippen LogP contribution in [0.4, 0.5) is 0 Å². The molecular formula is C16H20N2O3S. The smallest absolute Gasteiger partial charge is 0.243 e. The van der Waals surface area contributed by atoms with Gasteiger partial charge in [0.2, 0.25) is 11.8 Å². The largest absolute Gasteiger partial charge is 0.496 e. The van der Waals surface area contributed by atoms with E-state index < -0.39 is 0 Å². The van der Waals surface area contributed by atoms with Gasteiger partial charge in [0.1, 0.15) is 11.8 Å². The third-order valence-corrected chi connectivity index (χ3v) is 5.90. The molecule has 2 aliphatic rings. The van der Waals surface area contributed by atoms with Crippen LogP contribution in [0.15, 0.2) is 24.3 Å². The van der Waals surface area contributed by atoms with Crippen molar-refractivity contribution in [3.8, 4) is 5.75 Å². The summed E-state index contributed by atoms with van der Waals surface area (Å²) >= 11 is 1.70. The van der Waals surface area contributed by atoms with Crippen molar-refractivity contribution in [2.24, 2.45) is 0 Å². The molecule has 0 saturated carbocycles. The first-order chi connectivity index (χ1) is 10.5. The fraction of sp³-hybridized carbons (Fsp3) is 0.500. The van der Waals surface area contributed by atoms with Crippen LogP contribution >= 0.6 is 11.8 Å². The molecule has 2 atom stereocenters. The summed E-state index contributed by atoms with van der Waals surface area (Å²) in [6.07, 6.45) is 1.37. The van der Waals surface area contributed by atoms with E-state index in [4.69, 9.17) is 4.74 Å². The topological polar surface area (TPSA) is 58.6 Å². The van der Waals surface area contributed by atoms with Crippen LogP contribution in [0.1, 0.15) is 25.3 Å². The Kier molecular flexibility index (Phi) is 4.04. The van der Waals surface area contributed by atoms with Gasteiger partial charge >= 0.3 is 0 Å². The van der Waals surface area contributed by atoms with Crippen LogP contribution in [0.25, 0.3) is 0 Å². The Hall–Kier alpha value is -1.69. The first kappa shape index (κ1) is 15.2. The van der Waals surface area contributed by atoms with Crippen molar-refractivity contribution in [1.82, 2.24) is 10.2 Å². The van der Waals surface area contributed by atoms with E-state index in [0.717, 1.165) is 17.7 Å². The second-order valence-electron chi connectivity index (χ2n) is 5.80. The van der Waals surface area contributed by atoms with Crippen LogP contribution in [-0.4, -0.2) is 40.5 Å². The van der Waals surface area contributed by atoms with Crippen molar-refractivity contribution in [3.05, 3.63) is 29.8 Å². The van der Waals surface area contributed by atoms with Crippen LogP contribution in [-0.2, 0) is 16.1 Å². The van der Waals surface area contributed by atoms with Crippen LogP contribution < -0.4 is 10.1 Å². The third kappa shape index (κ3) is 2.56. The molecule has 1 N–H and O–H groups in total. The van der Waals surface area contributed by atoms with Gasteiger partial charge in [-0.05, 0) is 19.4 Å². The van der Waals surface area contributed by atoms with E-state index in [9.17, 15) is 9.59 Å². The van der Waals surface area contributed by atoms with Crippen LogP contribution in [0.2, 0.25) is 0 Å². The Balaban J connectivity index is 1.67. The summed E-state index contributed by atoms with van der Waals surface area (Å²) in [6, 6.07) is 7.24. The molecule has 5 nitrogen and oxygen atoms in total. The predicted molar refractivity (Wildman–Crippen MR) is 85.6 cm³/mol. The fourth-order valence-electron chi connectivity index (χ4n) is 3.16. The second-order valence-corrected chi connectivity index (χ2v) is 7.30. The average molecular weight is 320 g/mol. The maximum atomic E-state index is 12.5. The number of thioether (sulfide) groups is 1. The van der Waals surface area contributed by atoms with Crippen molar-refractivity contribution in [2.75, 3.05) is 12.9 Å². The lowest BCUT2D eigenvalue weighted by Gasteiger charge is -2.29. The SMILES string of the molecule is COc1ccccc1CNC(=O)[C@@H]1CS[C@@]2(C)CCC(=O)N12. The number of carbonyl (C=O) groups excluding carboxylic acids is 2. The lowest BCUT2D eigenvalue weighted by Crippen LogP contribution is -2.49. The van der Waals surface area contributed by atoms with Gasteiger partial charge in [-0.15, -0.1) is 11.8 Å². The number of benzene rings is 1. The highest BCUT2D eigenvalue weighted by Crippen LogP contribution is 2.47. The summed E-state index contributed by atoms with van der Waals surface area (Å²) in [5.41, 5.74) is 0.930. The number of fused-ring (bicyclic) bond motifs is 1. The summed E-state index contributed by atoms with van der Waals surface area (Å²) in [6.45, 7) is 2.46. The molecule has 0 spiro atoms. The number of nitrogens with zero attached hydrogens (tertiary/aromatic N) is 1. The number of rotatable bonds is 4. The van der Waals surface area contributed by atoms with Crippen LogP contribution in [0, 0.1) is 0 Å². The molecule has 2 amide bonds. The Labute approximate surface area is 134 Å². The molecule has 0 aromatic heterocycles. The molecule has 0 radical (unpaired) electrons. The van der Waals surface area contributed by atoms with Crippen molar-refractivity contribution in [2.45, 2.75) is 37.2 Å². The Morgan fingerprint density at radius 2 is 2.27 bits per heavy atom. The van der Waals surface area contributed by atoms with Crippen molar-refractivity contribution in [1.29, 1.82) is 0 Å². The molecule has 22 heavy (non-hydrogen) atoms. The number of amides is 2. The molecule has 2 aliphatic heterocycles. The molecule has 2 heterocycles. The number of carbonyl (C=O) groups is 2. The quantitative estimate of drug-likeness (QED) is 0.918. The first-order valence-electron chi connectivity index (χ1n) is 7.41. The van der Waals surface area contributed by atoms with Gasteiger partial charge in [0.25, 0.3) is 0 Å². The number of para-hydroxylation sites is 1. The van der Waals surface area contributed by atoms with Gasteiger partial charge < -0.3 is 15.0 Å². The number of ether oxygens (including phenoxy) is 1. The number of hydrogen-bond donors (Lipinski definition) is 1. The van der Waals surface area contributed by atoms with Gasteiger partial charge in [-0.1, -0.05) is 18.2 Å². The molecule has 0 aliphatic carbocycles. The summed E-state index contributed by atoms with van der Waals surface area (Å²) in [5.74, 6) is 1.42. The standard InChI is InChI=1S/C16H20N2O3S/c1-16-8-7-14(19)18(16)12(10-22-16)15(20)17-9-11-5-3-4-6-13(11)21-2/h3-6,12H,7-10H2,1-2H3,(H,17,20)/t12-,16-/m0/s1. The molecule has 1 aromatic carbocycles. The third-order valence-electron chi connectivity index (χ3n) is 4.39. The molecule has 1 aromatic rings. The normalized spacial score (nSPS) is 26.9. The highest BCUT2D eigenvalue weighted by Gasteiger charge is 2.52.